The Hall–Kier alpha value is -4.28. The van der Waals surface area contributed by atoms with E-state index in [9.17, 15) is 4.79 Å². The van der Waals surface area contributed by atoms with E-state index >= 15 is 0 Å². The highest BCUT2D eigenvalue weighted by molar-refractivity contribution is 5.27. The minimum atomic E-state index is -0.385. The Labute approximate surface area is 197 Å². The van der Waals surface area contributed by atoms with Gasteiger partial charge in [-0.05, 0) is 28.8 Å². The molecule has 4 aromatic rings. The molecule has 4 rings (SSSR count). The van der Waals surface area contributed by atoms with Gasteiger partial charge < -0.3 is 27.7 Å². The van der Waals surface area contributed by atoms with Crippen molar-refractivity contribution in [3.63, 3.8) is 0 Å². The van der Waals surface area contributed by atoms with Crippen LogP contribution in [0.3, 0.4) is 0 Å². The molecule has 0 aliphatic heterocycles. The second-order valence-corrected chi connectivity index (χ2v) is 7.28. The fourth-order valence-corrected chi connectivity index (χ4v) is 3.09. The second kappa shape index (κ2) is 12.1. The van der Waals surface area contributed by atoms with Crippen LogP contribution in [0.5, 0.6) is 6.01 Å². The van der Waals surface area contributed by atoms with Gasteiger partial charge in [-0.15, -0.1) is 0 Å². The minimum Gasteiger partial charge on any atom is -0.459 e. The van der Waals surface area contributed by atoms with Gasteiger partial charge in [-0.2, -0.15) is 9.97 Å². The van der Waals surface area contributed by atoms with E-state index in [0.29, 0.717) is 25.5 Å². The number of nitrogens with zero attached hydrogens (tertiary/aromatic N) is 4. The molecule has 1 atom stereocenters. The summed E-state index contributed by atoms with van der Waals surface area (Å²) < 4.78 is 6.90. The first-order chi connectivity index (χ1) is 16.5. The van der Waals surface area contributed by atoms with Gasteiger partial charge in [0.2, 0.25) is 0 Å². The van der Waals surface area contributed by atoms with Crippen molar-refractivity contribution in [3.05, 3.63) is 106 Å². The Balaban J connectivity index is 0.000000191. The zero-order valence-corrected chi connectivity index (χ0v) is 18.6. The zero-order valence-electron chi connectivity index (χ0n) is 18.6. The molecule has 8 N–H and O–H groups in total. The van der Waals surface area contributed by atoms with Crippen LogP contribution in [0.1, 0.15) is 22.7 Å². The SMILES string of the molecule is NCC(c1ccccc1)n1ccc(N)nc1=O.NCc1ccc(COc2nccc(N)n2)cc1. The molecule has 2 aromatic carbocycles. The first-order valence-corrected chi connectivity index (χ1v) is 10.6. The molecule has 0 amide bonds. The molecule has 1 unspecified atom stereocenters. The van der Waals surface area contributed by atoms with Gasteiger partial charge in [-0.1, -0.05) is 54.6 Å². The summed E-state index contributed by atoms with van der Waals surface area (Å²) in [5.74, 6) is 0.614. The summed E-state index contributed by atoms with van der Waals surface area (Å²) in [6.07, 6.45) is 3.18. The third kappa shape index (κ3) is 6.86. The first-order valence-electron chi connectivity index (χ1n) is 10.6. The Kier molecular flexibility index (Phi) is 8.67. The lowest BCUT2D eigenvalue weighted by Crippen LogP contribution is -2.31. The predicted octanol–water partition coefficient (Wildman–Crippen LogP) is 1.47. The molecule has 0 aliphatic rings. The fourth-order valence-electron chi connectivity index (χ4n) is 3.09. The van der Waals surface area contributed by atoms with Crippen molar-refractivity contribution in [2.45, 2.75) is 19.2 Å². The van der Waals surface area contributed by atoms with Crippen molar-refractivity contribution >= 4 is 11.6 Å². The smallest absolute Gasteiger partial charge is 0.350 e. The molecule has 176 valence electrons. The van der Waals surface area contributed by atoms with Crippen LogP contribution < -0.4 is 33.4 Å². The van der Waals surface area contributed by atoms with Crippen LogP contribution >= 0.6 is 0 Å². The molecule has 34 heavy (non-hydrogen) atoms. The summed E-state index contributed by atoms with van der Waals surface area (Å²) in [6.45, 7) is 1.28. The number of aromatic nitrogens is 4. The molecule has 10 nitrogen and oxygen atoms in total. The summed E-state index contributed by atoms with van der Waals surface area (Å²) in [6, 6.07) is 20.8. The standard InChI is InChI=1S/2C12H14N4O/c13-7-9-1-3-10(4-2-9)8-17-12-15-6-5-11(14)16-12;13-8-10(9-4-2-1-3-5-9)16-7-6-11(14)15-12(16)17/h1-6H,7-8,13H2,(H2,14,15,16);1-7,10H,8,13H2,(H2,14,15,17). The van der Waals surface area contributed by atoms with E-state index < -0.39 is 0 Å². The second-order valence-electron chi connectivity index (χ2n) is 7.28. The molecule has 0 saturated heterocycles. The molecule has 0 fully saturated rings. The number of ether oxygens (including phenoxy) is 1. The van der Waals surface area contributed by atoms with E-state index in [1.807, 2.05) is 54.6 Å². The van der Waals surface area contributed by atoms with Crippen molar-refractivity contribution in [1.29, 1.82) is 0 Å². The Bertz CT molecular complexity index is 1230. The van der Waals surface area contributed by atoms with Gasteiger partial charge in [0.1, 0.15) is 18.2 Å². The molecular formula is C24H28N8O2. The average Bonchev–Trinajstić information content (AvgIpc) is 2.86. The summed E-state index contributed by atoms with van der Waals surface area (Å²) in [4.78, 5) is 23.3. The molecule has 0 aliphatic carbocycles. The van der Waals surface area contributed by atoms with Crippen LogP contribution in [0.15, 0.2) is 83.9 Å². The van der Waals surface area contributed by atoms with Crippen molar-refractivity contribution in [3.8, 4) is 6.01 Å². The lowest BCUT2D eigenvalue weighted by atomic mass is 10.1. The third-order valence-corrected chi connectivity index (χ3v) is 4.88. The van der Waals surface area contributed by atoms with Crippen LogP contribution in [-0.2, 0) is 13.2 Å². The summed E-state index contributed by atoms with van der Waals surface area (Å²) in [5.41, 5.74) is 24.9. The largest absolute Gasteiger partial charge is 0.459 e. The number of hydrogen-bond acceptors (Lipinski definition) is 9. The summed E-state index contributed by atoms with van der Waals surface area (Å²) in [5, 5.41) is 0. The monoisotopic (exact) mass is 460 g/mol. The van der Waals surface area contributed by atoms with E-state index in [-0.39, 0.29) is 23.6 Å². The quantitative estimate of drug-likeness (QED) is 0.318. The molecule has 2 heterocycles. The number of nitrogens with two attached hydrogens (primary N) is 4. The molecule has 0 radical (unpaired) electrons. The van der Waals surface area contributed by atoms with Crippen molar-refractivity contribution in [2.75, 3.05) is 18.0 Å². The minimum absolute atomic E-state index is 0.211. The Morgan fingerprint density at radius 1 is 0.853 bits per heavy atom. The predicted molar refractivity (Wildman–Crippen MR) is 132 cm³/mol. The molecule has 2 aromatic heterocycles. The fraction of sp³-hybridized carbons (Fsp3) is 0.167. The molecule has 0 saturated carbocycles. The highest BCUT2D eigenvalue weighted by Crippen LogP contribution is 2.14. The molecular weight excluding hydrogens is 432 g/mol. The van der Waals surface area contributed by atoms with Gasteiger partial charge in [-0.3, -0.25) is 4.57 Å². The topological polar surface area (TPSA) is 174 Å². The van der Waals surface area contributed by atoms with E-state index in [2.05, 4.69) is 15.0 Å². The van der Waals surface area contributed by atoms with E-state index in [1.165, 1.54) is 4.57 Å². The van der Waals surface area contributed by atoms with Gasteiger partial charge in [0.05, 0.1) is 6.04 Å². The summed E-state index contributed by atoms with van der Waals surface area (Å²) in [7, 11) is 0. The van der Waals surface area contributed by atoms with Crippen LogP contribution in [0, 0.1) is 0 Å². The van der Waals surface area contributed by atoms with Gasteiger partial charge in [0.25, 0.3) is 0 Å². The third-order valence-electron chi connectivity index (χ3n) is 4.88. The Morgan fingerprint density at radius 3 is 2.15 bits per heavy atom. The molecule has 10 heteroatoms. The zero-order chi connectivity index (χ0) is 24.3. The maximum absolute atomic E-state index is 11.7. The number of hydrogen-bond donors (Lipinski definition) is 4. The van der Waals surface area contributed by atoms with Crippen molar-refractivity contribution in [1.82, 2.24) is 19.5 Å². The highest BCUT2D eigenvalue weighted by atomic mass is 16.5. The maximum atomic E-state index is 11.7. The van der Waals surface area contributed by atoms with Crippen molar-refractivity contribution < 1.29 is 4.74 Å². The van der Waals surface area contributed by atoms with Gasteiger partial charge in [0, 0.05) is 25.5 Å². The van der Waals surface area contributed by atoms with E-state index in [4.69, 9.17) is 27.7 Å². The molecule has 0 spiro atoms. The normalized spacial score (nSPS) is 11.2. The molecule has 0 bridgehead atoms. The maximum Gasteiger partial charge on any atom is 0.350 e. The van der Waals surface area contributed by atoms with Crippen LogP contribution in [0.2, 0.25) is 0 Å². The van der Waals surface area contributed by atoms with Crippen molar-refractivity contribution in [2.24, 2.45) is 11.5 Å². The van der Waals surface area contributed by atoms with Crippen LogP contribution in [0.25, 0.3) is 0 Å². The van der Waals surface area contributed by atoms with Gasteiger partial charge in [-0.25, -0.2) is 9.78 Å². The lowest BCUT2D eigenvalue weighted by Gasteiger charge is -2.17. The van der Waals surface area contributed by atoms with Gasteiger partial charge >= 0.3 is 11.7 Å². The first kappa shape index (κ1) is 24.4. The lowest BCUT2D eigenvalue weighted by molar-refractivity contribution is 0.281. The number of anilines is 2. The number of benzene rings is 2. The van der Waals surface area contributed by atoms with Gasteiger partial charge in [0.15, 0.2) is 0 Å². The average molecular weight is 461 g/mol. The van der Waals surface area contributed by atoms with E-state index in [0.717, 1.165) is 16.7 Å². The highest BCUT2D eigenvalue weighted by Gasteiger charge is 2.13. The summed E-state index contributed by atoms with van der Waals surface area (Å²) >= 11 is 0. The Morgan fingerprint density at radius 2 is 1.53 bits per heavy atom. The number of rotatable bonds is 7. The van der Waals surface area contributed by atoms with Crippen LogP contribution in [0.4, 0.5) is 11.6 Å². The van der Waals surface area contributed by atoms with E-state index in [1.54, 1.807) is 24.5 Å². The number of nitrogen functional groups attached to an aromatic ring is 2. The van der Waals surface area contributed by atoms with Crippen LogP contribution in [-0.4, -0.2) is 26.1 Å².